The average molecular weight is 144 g/mol. The number of halogens is 2. The van der Waals surface area contributed by atoms with Gasteiger partial charge in [0.15, 0.2) is 0 Å². The van der Waals surface area contributed by atoms with Gasteiger partial charge in [0, 0.05) is 5.56 Å². The van der Waals surface area contributed by atoms with Gasteiger partial charge in [-0.1, -0.05) is 37.8 Å². The van der Waals surface area contributed by atoms with Crippen molar-refractivity contribution in [2.45, 2.75) is 13.9 Å². The minimum Gasteiger partial charge on any atom is -0.205 e. The minimum absolute atomic E-state index is 0. The van der Waals surface area contributed by atoms with E-state index in [0.717, 1.165) is 0 Å². The lowest BCUT2D eigenvalue weighted by molar-refractivity contribution is 0.151. The fraction of sp³-hybridized carbons (Fsp3) is 0.250. The van der Waals surface area contributed by atoms with E-state index in [1.807, 2.05) is 0 Å². The van der Waals surface area contributed by atoms with Crippen molar-refractivity contribution >= 4 is 0 Å². The van der Waals surface area contributed by atoms with Crippen LogP contribution in [0.2, 0.25) is 0 Å². The molecule has 0 atom stereocenters. The summed E-state index contributed by atoms with van der Waals surface area (Å²) >= 11 is 0. The van der Waals surface area contributed by atoms with Gasteiger partial charge in [0.05, 0.1) is 0 Å². The molecule has 1 aromatic rings. The monoisotopic (exact) mass is 144 g/mol. The first-order chi connectivity index (χ1) is 4.30. The normalized spacial score (nSPS) is 9.10. The summed E-state index contributed by atoms with van der Waals surface area (Å²) in [5.74, 6) is 0. The van der Waals surface area contributed by atoms with Gasteiger partial charge >= 0.3 is 0 Å². The Morgan fingerprint density at radius 2 is 1.50 bits per heavy atom. The van der Waals surface area contributed by atoms with Gasteiger partial charge in [-0.05, 0) is 0 Å². The summed E-state index contributed by atoms with van der Waals surface area (Å²) in [5.41, 5.74) is 0.0810. The van der Waals surface area contributed by atoms with Crippen LogP contribution in [0.4, 0.5) is 8.78 Å². The molecule has 10 heavy (non-hydrogen) atoms. The quantitative estimate of drug-likeness (QED) is 0.567. The van der Waals surface area contributed by atoms with E-state index in [-0.39, 0.29) is 13.0 Å². The molecule has 0 aromatic heterocycles. The first-order valence-electron chi connectivity index (χ1n) is 2.64. The number of hydrogen-bond donors (Lipinski definition) is 0. The van der Waals surface area contributed by atoms with Crippen molar-refractivity contribution in [1.29, 1.82) is 0 Å². The Hall–Kier alpha value is -0.920. The number of benzene rings is 1. The molecule has 1 aromatic carbocycles. The lowest BCUT2D eigenvalue weighted by Crippen LogP contribution is -1.79. The van der Waals surface area contributed by atoms with Crippen molar-refractivity contribution in [2.24, 2.45) is 0 Å². The largest absolute Gasteiger partial charge is 0.263 e. The summed E-state index contributed by atoms with van der Waals surface area (Å²) in [4.78, 5) is 0. The van der Waals surface area contributed by atoms with Crippen molar-refractivity contribution in [3.8, 4) is 0 Å². The van der Waals surface area contributed by atoms with Crippen LogP contribution >= 0.6 is 0 Å². The molecule has 56 valence electrons. The van der Waals surface area contributed by atoms with Crippen LogP contribution in [0, 0.1) is 0 Å². The maximum Gasteiger partial charge on any atom is 0.263 e. The highest BCUT2D eigenvalue weighted by atomic mass is 19.3. The van der Waals surface area contributed by atoms with Gasteiger partial charge in [-0.15, -0.1) is 0 Å². The first kappa shape index (κ1) is 9.08. The first-order valence-corrected chi connectivity index (χ1v) is 2.64. The summed E-state index contributed by atoms with van der Waals surface area (Å²) in [6.45, 7) is 0. The molecule has 0 aliphatic heterocycles. The van der Waals surface area contributed by atoms with E-state index in [0.29, 0.717) is 0 Å². The molecule has 0 spiro atoms. The highest BCUT2D eigenvalue weighted by molar-refractivity contribution is 5.15. The van der Waals surface area contributed by atoms with E-state index >= 15 is 0 Å². The molecule has 0 amide bonds. The lowest BCUT2D eigenvalue weighted by Gasteiger charge is -1.94. The van der Waals surface area contributed by atoms with E-state index < -0.39 is 6.43 Å². The highest BCUT2D eigenvalue weighted by Gasteiger charge is 2.02. The van der Waals surface area contributed by atoms with Gasteiger partial charge in [0.25, 0.3) is 6.43 Å². The van der Waals surface area contributed by atoms with E-state index in [1.165, 1.54) is 12.1 Å². The summed E-state index contributed by atoms with van der Waals surface area (Å²) in [6.07, 6.45) is -2.34. The van der Waals surface area contributed by atoms with Crippen LogP contribution in [0.15, 0.2) is 30.3 Å². The molecule has 0 radical (unpaired) electrons. The molecule has 2 heteroatoms. The predicted octanol–water partition coefficient (Wildman–Crippen LogP) is 3.26. The van der Waals surface area contributed by atoms with Gasteiger partial charge in [0.1, 0.15) is 0 Å². The lowest BCUT2D eigenvalue weighted by atomic mass is 10.2. The number of hydrogen-bond acceptors (Lipinski definition) is 0. The summed E-state index contributed by atoms with van der Waals surface area (Å²) in [6, 6.07) is 7.73. The van der Waals surface area contributed by atoms with E-state index in [9.17, 15) is 8.78 Å². The van der Waals surface area contributed by atoms with Crippen LogP contribution in [0.5, 0.6) is 0 Å². The van der Waals surface area contributed by atoms with Crippen molar-refractivity contribution in [3.05, 3.63) is 35.9 Å². The molecule has 0 saturated carbocycles. The molecular weight excluding hydrogens is 134 g/mol. The molecule has 0 heterocycles. The molecule has 0 saturated heterocycles. The second kappa shape index (κ2) is 3.99. The Kier molecular flexibility index (Phi) is 3.62. The number of rotatable bonds is 1. The molecule has 0 aliphatic rings. The maximum atomic E-state index is 11.8. The fourth-order valence-corrected chi connectivity index (χ4v) is 0.599. The fourth-order valence-electron chi connectivity index (χ4n) is 0.599. The van der Waals surface area contributed by atoms with Crippen molar-refractivity contribution in [1.82, 2.24) is 0 Å². The number of alkyl halides is 2. The van der Waals surface area contributed by atoms with Crippen LogP contribution in [0.3, 0.4) is 0 Å². The minimum atomic E-state index is -2.34. The zero-order valence-electron chi connectivity index (χ0n) is 4.72. The Morgan fingerprint density at radius 1 is 1.00 bits per heavy atom. The van der Waals surface area contributed by atoms with Crippen LogP contribution in [-0.2, 0) is 0 Å². The molecule has 0 bridgehead atoms. The smallest absolute Gasteiger partial charge is 0.205 e. The summed E-state index contributed by atoms with van der Waals surface area (Å²) in [7, 11) is 0. The van der Waals surface area contributed by atoms with E-state index in [2.05, 4.69) is 0 Å². The van der Waals surface area contributed by atoms with Crippen LogP contribution in [-0.4, -0.2) is 0 Å². The van der Waals surface area contributed by atoms with Gasteiger partial charge < -0.3 is 0 Å². The Balaban J connectivity index is 0.000000810. The zero-order chi connectivity index (χ0) is 6.69. The van der Waals surface area contributed by atoms with Crippen molar-refractivity contribution in [3.63, 3.8) is 0 Å². The average Bonchev–Trinajstić information content (AvgIpc) is 1.90. The molecular formula is C8H10F2. The van der Waals surface area contributed by atoms with Gasteiger partial charge in [-0.25, -0.2) is 8.78 Å². The second-order valence-electron chi connectivity index (χ2n) is 1.71. The SMILES string of the molecule is C.FC(F)c1ccccc1. The van der Waals surface area contributed by atoms with E-state index in [4.69, 9.17) is 0 Å². The Labute approximate surface area is 59.5 Å². The summed E-state index contributed by atoms with van der Waals surface area (Å²) < 4.78 is 23.5. The molecule has 0 unspecified atom stereocenters. The van der Waals surface area contributed by atoms with Crippen LogP contribution < -0.4 is 0 Å². The Morgan fingerprint density at radius 3 is 1.80 bits per heavy atom. The topological polar surface area (TPSA) is 0 Å². The zero-order valence-corrected chi connectivity index (χ0v) is 4.72. The second-order valence-corrected chi connectivity index (χ2v) is 1.71. The van der Waals surface area contributed by atoms with Gasteiger partial charge in [-0.2, -0.15) is 0 Å². The van der Waals surface area contributed by atoms with Crippen molar-refractivity contribution in [2.75, 3.05) is 0 Å². The third-order valence-electron chi connectivity index (χ3n) is 1.05. The third kappa shape index (κ3) is 2.13. The van der Waals surface area contributed by atoms with Crippen LogP contribution in [0.1, 0.15) is 19.4 Å². The molecule has 0 N–H and O–H groups in total. The maximum absolute atomic E-state index is 11.8. The van der Waals surface area contributed by atoms with Crippen molar-refractivity contribution < 1.29 is 8.78 Å². The molecule has 0 aliphatic carbocycles. The highest BCUT2D eigenvalue weighted by Crippen LogP contribution is 2.16. The Bertz CT molecular complexity index is 170. The third-order valence-corrected chi connectivity index (χ3v) is 1.05. The van der Waals surface area contributed by atoms with E-state index in [1.54, 1.807) is 18.2 Å². The van der Waals surface area contributed by atoms with Crippen LogP contribution in [0.25, 0.3) is 0 Å². The van der Waals surface area contributed by atoms with Gasteiger partial charge in [-0.3, -0.25) is 0 Å². The summed E-state index contributed by atoms with van der Waals surface area (Å²) in [5, 5.41) is 0. The molecule has 0 nitrogen and oxygen atoms in total. The van der Waals surface area contributed by atoms with Gasteiger partial charge in [0.2, 0.25) is 0 Å². The molecule has 0 fully saturated rings. The standard InChI is InChI=1S/C7H6F2.CH4/c8-7(9)6-4-2-1-3-5-6;/h1-5,7H;1H4. The molecule has 1 rings (SSSR count). The predicted molar refractivity (Wildman–Crippen MR) is 38.1 cm³/mol.